The van der Waals surface area contributed by atoms with Crippen LogP contribution in [-0.4, -0.2) is 67.9 Å². The van der Waals surface area contributed by atoms with Crippen LogP contribution in [0.25, 0.3) is 0 Å². The normalized spacial score (nSPS) is 29.6. The highest BCUT2D eigenvalue weighted by Crippen LogP contribution is 2.33. The largest absolute Gasteiger partial charge is 0.480 e. The van der Waals surface area contributed by atoms with E-state index in [1.807, 2.05) is 6.92 Å². The monoisotopic (exact) mass is 302 g/mol. The van der Waals surface area contributed by atoms with Gasteiger partial charge >= 0.3 is 12.0 Å². The van der Waals surface area contributed by atoms with Crippen LogP contribution >= 0.6 is 11.8 Å². The fraction of sp³-hybridized carbons (Fsp3) is 0.846. The number of hydrogen-bond acceptors (Lipinski definition) is 4. The zero-order valence-electron chi connectivity index (χ0n) is 11.9. The second-order valence-corrected chi connectivity index (χ2v) is 6.93. The molecule has 0 aromatic carbocycles. The van der Waals surface area contributed by atoms with Gasteiger partial charge in [-0.3, -0.25) is 4.90 Å². The second kappa shape index (κ2) is 5.81. The highest BCUT2D eigenvalue weighted by atomic mass is 32.2. The number of rotatable bonds is 2. The number of hydrogen-bond donors (Lipinski definition) is 2. The highest BCUT2D eigenvalue weighted by molar-refractivity contribution is 8.00. The summed E-state index contributed by atoms with van der Waals surface area (Å²) in [6.07, 6.45) is 1.81. The molecule has 0 spiro atoms. The van der Waals surface area contributed by atoms with Gasteiger partial charge in [-0.2, -0.15) is 0 Å². The average Bonchev–Trinajstić information content (AvgIpc) is 2.81. The molecule has 2 fully saturated rings. The summed E-state index contributed by atoms with van der Waals surface area (Å²) < 4.78 is 0. The molecule has 0 bridgehead atoms. The van der Waals surface area contributed by atoms with E-state index in [0.717, 1.165) is 6.42 Å². The Hall–Kier alpha value is -0.950. The molecule has 2 aliphatic rings. The summed E-state index contributed by atoms with van der Waals surface area (Å²) in [4.78, 5) is 27.1. The third kappa shape index (κ3) is 3.03. The van der Waals surface area contributed by atoms with Gasteiger partial charge in [0.25, 0.3) is 0 Å². The van der Waals surface area contributed by atoms with Crippen molar-refractivity contribution in [1.29, 1.82) is 0 Å². The molecular weight excluding hydrogens is 280 g/mol. The second-order valence-electron chi connectivity index (χ2n) is 5.72. The molecule has 2 aliphatic heterocycles. The molecule has 6 nitrogen and oxygen atoms in total. The number of carbonyl (C=O) groups excluding carboxylic acids is 1. The Labute approximate surface area is 123 Å². The maximum atomic E-state index is 12.6. The van der Waals surface area contributed by atoms with Gasteiger partial charge in [-0.15, -0.1) is 11.8 Å². The van der Waals surface area contributed by atoms with E-state index in [9.17, 15) is 19.8 Å². The van der Waals surface area contributed by atoms with Gasteiger partial charge in [-0.1, -0.05) is 6.92 Å². The van der Waals surface area contributed by atoms with E-state index in [0.29, 0.717) is 31.7 Å². The molecule has 0 aromatic heterocycles. The summed E-state index contributed by atoms with van der Waals surface area (Å²) in [5, 5.41) is 19.1. The number of aliphatic carboxylic acids is 1. The molecule has 2 N–H and O–H groups in total. The number of carboxylic acids is 1. The average molecular weight is 302 g/mol. The van der Waals surface area contributed by atoms with Crippen LogP contribution in [0.5, 0.6) is 0 Å². The van der Waals surface area contributed by atoms with Gasteiger partial charge in [-0.05, 0) is 26.2 Å². The Balaban J connectivity index is 2.08. The van der Waals surface area contributed by atoms with E-state index in [-0.39, 0.29) is 11.4 Å². The number of piperidine rings is 1. The predicted octanol–water partition coefficient (Wildman–Crippen LogP) is 1.19. The minimum absolute atomic E-state index is 0.0639. The molecule has 20 heavy (non-hydrogen) atoms. The first-order valence-corrected chi connectivity index (χ1v) is 8.04. The van der Waals surface area contributed by atoms with Crippen molar-refractivity contribution in [2.45, 2.75) is 50.1 Å². The topological polar surface area (TPSA) is 81.1 Å². The van der Waals surface area contributed by atoms with E-state index in [4.69, 9.17) is 0 Å². The van der Waals surface area contributed by atoms with E-state index in [1.54, 1.807) is 11.8 Å². The van der Waals surface area contributed by atoms with Crippen molar-refractivity contribution in [3.05, 3.63) is 0 Å². The third-order valence-electron chi connectivity index (χ3n) is 4.06. The minimum atomic E-state index is -0.939. The van der Waals surface area contributed by atoms with Crippen LogP contribution in [0.2, 0.25) is 0 Å². The Morgan fingerprint density at radius 3 is 2.45 bits per heavy atom. The van der Waals surface area contributed by atoms with Gasteiger partial charge in [0.05, 0.1) is 11.0 Å². The lowest BCUT2D eigenvalue weighted by molar-refractivity contribution is -0.141. The smallest absolute Gasteiger partial charge is 0.327 e. The van der Waals surface area contributed by atoms with Crippen LogP contribution in [0.3, 0.4) is 0 Å². The van der Waals surface area contributed by atoms with Gasteiger partial charge in [-0.25, -0.2) is 9.59 Å². The SMILES string of the molecule is CCC1SCC(C(=O)O)N1C(=O)N1CCC(C)(O)CC1. The maximum absolute atomic E-state index is 12.6. The van der Waals surface area contributed by atoms with Crippen molar-refractivity contribution in [1.82, 2.24) is 9.80 Å². The number of likely N-dealkylation sites (tertiary alicyclic amines) is 1. The van der Waals surface area contributed by atoms with Crippen LogP contribution in [0.15, 0.2) is 0 Å². The number of carboxylic acid groups (broad SMARTS) is 1. The van der Waals surface area contributed by atoms with Crippen molar-refractivity contribution >= 4 is 23.8 Å². The third-order valence-corrected chi connectivity index (χ3v) is 5.51. The summed E-state index contributed by atoms with van der Waals surface area (Å²) in [5.74, 6) is -0.490. The molecule has 2 rings (SSSR count). The Bertz CT molecular complexity index is 392. The lowest BCUT2D eigenvalue weighted by Crippen LogP contribution is -2.54. The molecule has 0 aromatic rings. The van der Waals surface area contributed by atoms with Crippen molar-refractivity contribution in [2.75, 3.05) is 18.8 Å². The van der Waals surface area contributed by atoms with Gasteiger partial charge in [0.1, 0.15) is 6.04 Å². The van der Waals surface area contributed by atoms with Gasteiger partial charge in [0.15, 0.2) is 0 Å². The minimum Gasteiger partial charge on any atom is -0.480 e. The molecule has 2 heterocycles. The summed E-state index contributed by atoms with van der Waals surface area (Å²) in [6.45, 7) is 4.70. The number of carbonyl (C=O) groups is 2. The van der Waals surface area contributed by atoms with Crippen molar-refractivity contribution in [3.63, 3.8) is 0 Å². The number of nitrogens with zero attached hydrogens (tertiary/aromatic N) is 2. The zero-order chi connectivity index (χ0) is 14.9. The molecule has 2 saturated heterocycles. The lowest BCUT2D eigenvalue weighted by Gasteiger charge is -2.39. The molecule has 7 heteroatoms. The first-order valence-electron chi connectivity index (χ1n) is 7.00. The number of amides is 2. The molecule has 114 valence electrons. The predicted molar refractivity (Wildman–Crippen MR) is 76.6 cm³/mol. The fourth-order valence-electron chi connectivity index (χ4n) is 2.67. The molecule has 2 atom stereocenters. The lowest BCUT2D eigenvalue weighted by atomic mass is 9.94. The van der Waals surface area contributed by atoms with E-state index >= 15 is 0 Å². The summed E-state index contributed by atoms with van der Waals surface area (Å²) in [5.41, 5.74) is -0.715. The van der Waals surface area contributed by atoms with Crippen LogP contribution in [0, 0.1) is 0 Å². The summed E-state index contributed by atoms with van der Waals surface area (Å²) in [7, 11) is 0. The van der Waals surface area contributed by atoms with Crippen LogP contribution in [0.1, 0.15) is 33.1 Å². The summed E-state index contributed by atoms with van der Waals surface area (Å²) >= 11 is 1.53. The zero-order valence-corrected chi connectivity index (χ0v) is 12.7. The molecule has 0 radical (unpaired) electrons. The standard InChI is InChI=1S/C13H22N2O4S/c1-3-10-15(9(8-20-10)11(16)17)12(18)14-6-4-13(2,19)5-7-14/h9-10,19H,3-8H2,1-2H3,(H,16,17). The first-order chi connectivity index (χ1) is 9.35. The van der Waals surface area contributed by atoms with Gasteiger partial charge in [0, 0.05) is 18.8 Å². The Morgan fingerprint density at radius 1 is 1.35 bits per heavy atom. The quantitative estimate of drug-likeness (QED) is 0.801. The fourth-order valence-corrected chi connectivity index (χ4v) is 4.01. The van der Waals surface area contributed by atoms with Crippen LogP contribution in [-0.2, 0) is 4.79 Å². The molecule has 2 unspecified atom stereocenters. The first kappa shape index (κ1) is 15.4. The van der Waals surface area contributed by atoms with Crippen molar-refractivity contribution in [3.8, 4) is 0 Å². The maximum Gasteiger partial charge on any atom is 0.327 e. The molecular formula is C13H22N2O4S. The van der Waals surface area contributed by atoms with Crippen molar-refractivity contribution < 1.29 is 19.8 Å². The van der Waals surface area contributed by atoms with Gasteiger partial charge < -0.3 is 15.1 Å². The summed E-state index contributed by atoms with van der Waals surface area (Å²) in [6, 6.07) is -0.940. The van der Waals surface area contributed by atoms with E-state index < -0.39 is 17.6 Å². The molecule has 0 aliphatic carbocycles. The number of thioether (sulfide) groups is 1. The molecule has 0 saturated carbocycles. The molecule has 2 amide bonds. The number of aliphatic hydroxyl groups is 1. The van der Waals surface area contributed by atoms with E-state index in [1.165, 1.54) is 16.7 Å². The highest BCUT2D eigenvalue weighted by Gasteiger charge is 2.43. The van der Waals surface area contributed by atoms with Crippen LogP contribution < -0.4 is 0 Å². The Morgan fingerprint density at radius 2 is 1.95 bits per heavy atom. The van der Waals surface area contributed by atoms with Gasteiger partial charge in [0.2, 0.25) is 0 Å². The number of urea groups is 1. The van der Waals surface area contributed by atoms with Crippen molar-refractivity contribution in [2.24, 2.45) is 0 Å². The van der Waals surface area contributed by atoms with Crippen LogP contribution in [0.4, 0.5) is 4.79 Å². The van der Waals surface area contributed by atoms with E-state index in [2.05, 4.69) is 0 Å². The Kier molecular flexibility index (Phi) is 4.49.